The van der Waals surface area contributed by atoms with Crippen LogP contribution in [0.4, 0.5) is 0 Å². The Bertz CT molecular complexity index is 530. The minimum Gasteiger partial charge on any atom is -0.478 e. The molecule has 0 aliphatic heterocycles. The van der Waals surface area contributed by atoms with Gasteiger partial charge in [0.1, 0.15) is 0 Å². The Morgan fingerprint density at radius 3 is 2.55 bits per heavy atom. The summed E-state index contributed by atoms with van der Waals surface area (Å²) >= 11 is 0. The topological polar surface area (TPSA) is 79.3 Å². The Morgan fingerprint density at radius 2 is 2.00 bits per heavy atom. The fraction of sp³-hybridized carbons (Fsp3) is 0.400. The summed E-state index contributed by atoms with van der Waals surface area (Å²) in [6, 6.07) is 1.62. The third kappa shape index (κ3) is 4.84. The number of nitrogens with zero attached hydrogens (tertiary/aromatic N) is 1. The van der Waals surface area contributed by atoms with E-state index in [9.17, 15) is 9.59 Å². The molecule has 0 aliphatic carbocycles. The molecular weight excluding hydrogens is 256 g/mol. The highest BCUT2D eigenvalue weighted by atomic mass is 16.4. The third-order valence-corrected chi connectivity index (χ3v) is 3.09. The van der Waals surface area contributed by atoms with Crippen LogP contribution in [0.15, 0.2) is 24.5 Å². The van der Waals surface area contributed by atoms with Gasteiger partial charge in [-0.25, -0.2) is 4.79 Å². The second-order valence-electron chi connectivity index (χ2n) is 5.74. The van der Waals surface area contributed by atoms with Gasteiger partial charge in [0, 0.05) is 24.5 Å². The first kappa shape index (κ1) is 15.9. The van der Waals surface area contributed by atoms with Gasteiger partial charge in [-0.3, -0.25) is 9.78 Å². The van der Waals surface area contributed by atoms with Gasteiger partial charge in [-0.05, 0) is 30.0 Å². The molecule has 0 saturated heterocycles. The summed E-state index contributed by atoms with van der Waals surface area (Å²) in [6.07, 6.45) is 5.38. The second kappa shape index (κ2) is 6.32. The Balaban J connectivity index is 2.84. The number of nitrogens with one attached hydrogen (secondary N) is 1. The van der Waals surface area contributed by atoms with E-state index in [1.807, 2.05) is 27.7 Å². The maximum Gasteiger partial charge on any atom is 0.328 e. The largest absolute Gasteiger partial charge is 0.478 e. The lowest BCUT2D eigenvalue weighted by atomic mass is 9.88. The van der Waals surface area contributed by atoms with E-state index in [2.05, 4.69) is 10.3 Å². The van der Waals surface area contributed by atoms with Crippen LogP contribution in [0.5, 0.6) is 0 Å². The fourth-order valence-electron chi connectivity index (χ4n) is 1.34. The van der Waals surface area contributed by atoms with Gasteiger partial charge in [0.2, 0.25) is 0 Å². The van der Waals surface area contributed by atoms with Crippen LogP contribution in [0.1, 0.15) is 43.6 Å². The van der Waals surface area contributed by atoms with Crippen molar-refractivity contribution < 1.29 is 14.7 Å². The zero-order valence-corrected chi connectivity index (χ0v) is 12.2. The molecule has 0 aromatic carbocycles. The molecule has 0 saturated carbocycles. The quantitative estimate of drug-likeness (QED) is 0.827. The smallest absolute Gasteiger partial charge is 0.328 e. The van der Waals surface area contributed by atoms with Gasteiger partial charge >= 0.3 is 5.97 Å². The third-order valence-electron chi connectivity index (χ3n) is 3.09. The van der Waals surface area contributed by atoms with Crippen LogP contribution >= 0.6 is 0 Å². The van der Waals surface area contributed by atoms with Gasteiger partial charge in [0.05, 0.1) is 5.56 Å². The summed E-state index contributed by atoms with van der Waals surface area (Å²) in [5.41, 5.74) is 0.946. The lowest BCUT2D eigenvalue weighted by Crippen LogP contribution is -2.41. The normalized spacial score (nSPS) is 13.2. The van der Waals surface area contributed by atoms with Crippen LogP contribution < -0.4 is 5.32 Å². The second-order valence-corrected chi connectivity index (χ2v) is 5.74. The number of carboxylic acid groups (broad SMARTS) is 1. The van der Waals surface area contributed by atoms with Crippen molar-refractivity contribution in [1.29, 1.82) is 0 Å². The average Bonchev–Trinajstić information content (AvgIpc) is 2.35. The van der Waals surface area contributed by atoms with E-state index in [0.29, 0.717) is 11.1 Å². The Morgan fingerprint density at radius 1 is 1.35 bits per heavy atom. The predicted molar refractivity (Wildman–Crippen MR) is 77.3 cm³/mol. The first-order chi connectivity index (χ1) is 9.20. The molecule has 0 bridgehead atoms. The molecule has 1 atom stereocenters. The molecule has 2 N–H and O–H groups in total. The fourth-order valence-corrected chi connectivity index (χ4v) is 1.34. The molecule has 1 aromatic heterocycles. The molecule has 1 aromatic rings. The SMILES string of the molecule is CC(NC(=O)c1cncc(/C=C/C(=O)O)c1)C(C)(C)C. The molecule has 0 fully saturated rings. The number of hydrogen-bond donors (Lipinski definition) is 2. The number of hydrogen-bond acceptors (Lipinski definition) is 3. The number of amides is 1. The van der Waals surface area contributed by atoms with E-state index >= 15 is 0 Å². The van der Waals surface area contributed by atoms with E-state index < -0.39 is 5.97 Å². The van der Waals surface area contributed by atoms with Crippen molar-refractivity contribution in [3.63, 3.8) is 0 Å². The van der Waals surface area contributed by atoms with Crippen molar-refractivity contribution in [2.75, 3.05) is 0 Å². The molecule has 0 spiro atoms. The Kier molecular flexibility index (Phi) is 5.02. The molecular formula is C15H20N2O3. The maximum atomic E-state index is 12.1. The number of carbonyl (C=O) groups is 2. The number of pyridine rings is 1. The standard InChI is InChI=1S/C15H20N2O3/c1-10(15(2,3)4)17-14(20)12-7-11(8-16-9-12)5-6-13(18)19/h5-10H,1-4H3,(H,17,20)(H,18,19)/b6-5+. The van der Waals surface area contributed by atoms with Crippen LogP contribution in [0.25, 0.3) is 6.08 Å². The molecule has 108 valence electrons. The van der Waals surface area contributed by atoms with Gasteiger partial charge in [-0.1, -0.05) is 20.8 Å². The van der Waals surface area contributed by atoms with Crippen molar-refractivity contribution in [2.45, 2.75) is 33.7 Å². The molecule has 0 aliphatic rings. The van der Waals surface area contributed by atoms with Crippen LogP contribution in [0.3, 0.4) is 0 Å². The van der Waals surface area contributed by atoms with Crippen LogP contribution in [0.2, 0.25) is 0 Å². The molecule has 1 amide bonds. The molecule has 1 heterocycles. The van der Waals surface area contributed by atoms with Gasteiger partial charge in [0.15, 0.2) is 0 Å². The maximum absolute atomic E-state index is 12.1. The molecule has 5 nitrogen and oxygen atoms in total. The summed E-state index contributed by atoms with van der Waals surface area (Å²) in [6.45, 7) is 8.08. The first-order valence-electron chi connectivity index (χ1n) is 6.37. The van der Waals surface area contributed by atoms with Crippen molar-refractivity contribution in [1.82, 2.24) is 10.3 Å². The lowest BCUT2D eigenvalue weighted by molar-refractivity contribution is -0.131. The summed E-state index contributed by atoms with van der Waals surface area (Å²) in [4.78, 5) is 26.5. The van der Waals surface area contributed by atoms with Crippen molar-refractivity contribution >= 4 is 18.0 Å². The van der Waals surface area contributed by atoms with Gasteiger partial charge in [0.25, 0.3) is 5.91 Å². The Hall–Kier alpha value is -2.17. The zero-order valence-electron chi connectivity index (χ0n) is 12.2. The van der Waals surface area contributed by atoms with Crippen LogP contribution in [0, 0.1) is 5.41 Å². The summed E-state index contributed by atoms with van der Waals surface area (Å²) in [5.74, 6) is -1.26. The lowest BCUT2D eigenvalue weighted by Gasteiger charge is -2.28. The highest BCUT2D eigenvalue weighted by Crippen LogP contribution is 2.19. The summed E-state index contributed by atoms with van der Waals surface area (Å²) in [7, 11) is 0. The number of carbonyl (C=O) groups excluding carboxylic acids is 1. The number of aromatic nitrogens is 1. The summed E-state index contributed by atoms with van der Waals surface area (Å²) < 4.78 is 0. The van der Waals surface area contributed by atoms with Crippen molar-refractivity contribution in [2.24, 2.45) is 5.41 Å². The number of rotatable bonds is 4. The van der Waals surface area contributed by atoms with E-state index in [4.69, 9.17) is 5.11 Å². The van der Waals surface area contributed by atoms with Crippen molar-refractivity contribution in [3.05, 3.63) is 35.7 Å². The monoisotopic (exact) mass is 276 g/mol. The molecule has 20 heavy (non-hydrogen) atoms. The van der Waals surface area contributed by atoms with Gasteiger partial charge in [-0.2, -0.15) is 0 Å². The molecule has 1 unspecified atom stereocenters. The van der Waals surface area contributed by atoms with Gasteiger partial charge in [-0.15, -0.1) is 0 Å². The van der Waals surface area contributed by atoms with Crippen LogP contribution in [-0.2, 0) is 4.79 Å². The Labute approximate surface area is 118 Å². The van der Waals surface area contributed by atoms with E-state index in [-0.39, 0.29) is 17.4 Å². The molecule has 5 heteroatoms. The van der Waals surface area contributed by atoms with E-state index in [1.54, 1.807) is 6.07 Å². The van der Waals surface area contributed by atoms with Crippen LogP contribution in [-0.4, -0.2) is 28.0 Å². The first-order valence-corrected chi connectivity index (χ1v) is 6.37. The van der Waals surface area contributed by atoms with Crippen molar-refractivity contribution in [3.8, 4) is 0 Å². The highest BCUT2D eigenvalue weighted by Gasteiger charge is 2.22. The molecule has 0 radical (unpaired) electrons. The zero-order chi connectivity index (χ0) is 15.3. The minimum atomic E-state index is -1.04. The number of carboxylic acids is 1. The predicted octanol–water partition coefficient (Wildman–Crippen LogP) is 2.34. The van der Waals surface area contributed by atoms with E-state index in [0.717, 1.165) is 6.08 Å². The highest BCUT2D eigenvalue weighted by molar-refractivity contribution is 5.95. The van der Waals surface area contributed by atoms with Gasteiger partial charge < -0.3 is 10.4 Å². The minimum absolute atomic E-state index is 0.00761. The van der Waals surface area contributed by atoms with E-state index in [1.165, 1.54) is 18.5 Å². The summed E-state index contributed by atoms with van der Waals surface area (Å²) in [5, 5.41) is 11.5. The molecule has 1 rings (SSSR count). The number of aliphatic carboxylic acids is 1. The average molecular weight is 276 g/mol.